The lowest BCUT2D eigenvalue weighted by Gasteiger charge is -2.14. The Kier molecular flexibility index (Phi) is 5.38. The zero-order valence-corrected chi connectivity index (χ0v) is 12.9. The Balaban J connectivity index is 2.18. The molecule has 5 heteroatoms. The second-order valence-corrected chi connectivity index (χ2v) is 5.08. The van der Waals surface area contributed by atoms with Gasteiger partial charge in [-0.1, -0.05) is 12.1 Å². The fraction of sp³-hybridized carbons (Fsp3) is 0.267. The third-order valence-electron chi connectivity index (χ3n) is 2.88. The summed E-state index contributed by atoms with van der Waals surface area (Å²) in [5, 5.41) is 0. The summed E-state index contributed by atoms with van der Waals surface area (Å²) in [6.07, 6.45) is 2.47. The van der Waals surface area contributed by atoms with Crippen molar-refractivity contribution in [3.8, 4) is 11.6 Å². The number of ether oxygens (including phenoxy) is 2. The Morgan fingerprint density at radius 1 is 1.20 bits per heavy atom. The molecule has 0 aliphatic heterocycles. The van der Waals surface area contributed by atoms with Crippen molar-refractivity contribution in [3.05, 3.63) is 52.1 Å². The second kappa shape index (κ2) is 7.26. The maximum absolute atomic E-state index is 5.93. The van der Waals surface area contributed by atoms with Gasteiger partial charge >= 0.3 is 0 Å². The van der Waals surface area contributed by atoms with Gasteiger partial charge in [0.1, 0.15) is 12.4 Å². The molecule has 4 nitrogen and oxygen atoms in total. The van der Waals surface area contributed by atoms with Crippen LogP contribution in [0.5, 0.6) is 11.6 Å². The molecule has 0 saturated carbocycles. The van der Waals surface area contributed by atoms with Crippen LogP contribution in [0, 0.1) is 0 Å². The smallest absolute Gasteiger partial charge is 0.219 e. The molecule has 0 atom stereocenters. The Hall–Kier alpha value is -1.59. The van der Waals surface area contributed by atoms with E-state index in [0.29, 0.717) is 19.0 Å². The highest BCUT2D eigenvalue weighted by Crippen LogP contribution is 2.30. The zero-order valence-electron chi connectivity index (χ0n) is 11.3. The molecule has 0 unspecified atom stereocenters. The molecule has 0 radical (unpaired) electrons. The van der Waals surface area contributed by atoms with Crippen molar-refractivity contribution in [2.45, 2.75) is 13.0 Å². The normalized spacial score (nSPS) is 10.3. The van der Waals surface area contributed by atoms with E-state index in [1.807, 2.05) is 30.3 Å². The number of rotatable bonds is 6. The first-order valence-electron chi connectivity index (χ1n) is 6.34. The first-order valence-corrected chi connectivity index (χ1v) is 7.13. The van der Waals surface area contributed by atoms with Crippen LogP contribution in [0.25, 0.3) is 0 Å². The minimum atomic E-state index is 0.400. The number of hydrogen-bond acceptors (Lipinski definition) is 4. The average Bonchev–Trinajstić information content (AvgIpc) is 2.47. The molecule has 0 fully saturated rings. The minimum absolute atomic E-state index is 0.400. The number of halogens is 1. The van der Waals surface area contributed by atoms with Crippen LogP contribution in [0.4, 0.5) is 0 Å². The average molecular weight is 337 g/mol. The van der Waals surface area contributed by atoms with E-state index in [9.17, 15) is 0 Å². The van der Waals surface area contributed by atoms with Gasteiger partial charge in [-0.2, -0.15) is 0 Å². The lowest BCUT2D eigenvalue weighted by Crippen LogP contribution is -2.06. The molecule has 1 aromatic carbocycles. The predicted molar refractivity (Wildman–Crippen MR) is 82.0 cm³/mol. The van der Waals surface area contributed by atoms with Crippen molar-refractivity contribution in [2.75, 3.05) is 13.7 Å². The van der Waals surface area contributed by atoms with Gasteiger partial charge in [0.25, 0.3) is 0 Å². The van der Waals surface area contributed by atoms with Crippen molar-refractivity contribution in [3.63, 3.8) is 0 Å². The molecule has 2 aromatic rings. The summed E-state index contributed by atoms with van der Waals surface area (Å²) in [6.45, 7) is 0.986. The van der Waals surface area contributed by atoms with Gasteiger partial charge in [-0.05, 0) is 52.7 Å². The number of benzene rings is 1. The van der Waals surface area contributed by atoms with E-state index < -0.39 is 0 Å². The molecular formula is C15H17BrN2O2. The minimum Gasteiger partial charge on any atom is -0.487 e. The largest absolute Gasteiger partial charge is 0.487 e. The van der Waals surface area contributed by atoms with Crippen LogP contribution in [0.1, 0.15) is 11.1 Å². The highest BCUT2D eigenvalue weighted by Gasteiger charge is 2.10. The van der Waals surface area contributed by atoms with E-state index in [-0.39, 0.29) is 0 Å². The summed E-state index contributed by atoms with van der Waals surface area (Å²) in [5.74, 6) is 1.41. The van der Waals surface area contributed by atoms with E-state index >= 15 is 0 Å². The van der Waals surface area contributed by atoms with Gasteiger partial charge in [0.05, 0.1) is 17.1 Å². The fourth-order valence-corrected chi connectivity index (χ4v) is 2.46. The molecule has 2 rings (SSSR count). The van der Waals surface area contributed by atoms with Crippen molar-refractivity contribution >= 4 is 15.9 Å². The molecule has 0 bridgehead atoms. The first kappa shape index (κ1) is 14.8. The number of nitrogens with two attached hydrogens (primary N) is 1. The molecular weight excluding hydrogens is 320 g/mol. The monoisotopic (exact) mass is 336 g/mol. The van der Waals surface area contributed by atoms with Crippen molar-refractivity contribution in [2.24, 2.45) is 5.73 Å². The van der Waals surface area contributed by atoms with E-state index in [2.05, 4.69) is 20.9 Å². The van der Waals surface area contributed by atoms with Crippen molar-refractivity contribution in [1.82, 2.24) is 4.98 Å². The molecule has 0 aliphatic rings. The third-order valence-corrected chi connectivity index (χ3v) is 3.50. The van der Waals surface area contributed by atoms with Gasteiger partial charge in [-0.25, -0.2) is 4.98 Å². The highest BCUT2D eigenvalue weighted by molar-refractivity contribution is 9.10. The lowest BCUT2D eigenvalue weighted by molar-refractivity contribution is 0.289. The summed E-state index contributed by atoms with van der Waals surface area (Å²) in [6, 6.07) is 9.75. The molecule has 1 aromatic heterocycles. The van der Waals surface area contributed by atoms with Gasteiger partial charge < -0.3 is 15.2 Å². The van der Waals surface area contributed by atoms with Crippen molar-refractivity contribution in [1.29, 1.82) is 0 Å². The van der Waals surface area contributed by atoms with E-state index in [1.54, 1.807) is 13.3 Å². The first-order chi connectivity index (χ1) is 9.76. The predicted octanol–water partition coefficient (Wildman–Crippen LogP) is 2.93. The third kappa shape index (κ3) is 3.49. The summed E-state index contributed by atoms with van der Waals surface area (Å²) in [5.41, 5.74) is 7.63. The summed E-state index contributed by atoms with van der Waals surface area (Å²) < 4.78 is 12.1. The van der Waals surface area contributed by atoms with Gasteiger partial charge in [-0.3, -0.25) is 0 Å². The SMILES string of the molecule is COc1ncccc1COc1c(Br)cccc1CCN. The van der Waals surface area contributed by atoms with Crippen LogP contribution in [0.15, 0.2) is 41.0 Å². The number of hydrogen-bond donors (Lipinski definition) is 1. The molecule has 0 aliphatic carbocycles. The molecule has 0 spiro atoms. The van der Waals surface area contributed by atoms with Crippen LogP contribution < -0.4 is 15.2 Å². The fourth-order valence-electron chi connectivity index (χ4n) is 1.94. The Morgan fingerprint density at radius 3 is 2.75 bits per heavy atom. The van der Waals surface area contributed by atoms with E-state index in [0.717, 1.165) is 27.8 Å². The number of para-hydroxylation sites is 1. The van der Waals surface area contributed by atoms with Crippen LogP contribution >= 0.6 is 15.9 Å². The molecule has 1 heterocycles. The van der Waals surface area contributed by atoms with Gasteiger partial charge in [0, 0.05) is 6.20 Å². The number of aromatic nitrogens is 1. The standard InChI is InChI=1S/C15H17BrN2O2/c1-19-15-12(5-3-9-18-15)10-20-14-11(7-8-17)4-2-6-13(14)16/h2-6,9H,7-8,10,17H2,1H3. The molecule has 20 heavy (non-hydrogen) atoms. The quantitative estimate of drug-likeness (QED) is 0.881. The molecule has 2 N–H and O–H groups in total. The molecule has 0 amide bonds. The Bertz CT molecular complexity index is 576. The van der Waals surface area contributed by atoms with Gasteiger partial charge in [-0.15, -0.1) is 0 Å². The van der Waals surface area contributed by atoms with Crippen LogP contribution in [-0.4, -0.2) is 18.6 Å². The Labute approximate surface area is 127 Å². The highest BCUT2D eigenvalue weighted by atomic mass is 79.9. The van der Waals surface area contributed by atoms with Crippen LogP contribution in [0.3, 0.4) is 0 Å². The zero-order chi connectivity index (χ0) is 14.4. The number of methoxy groups -OCH3 is 1. The number of pyridine rings is 1. The van der Waals surface area contributed by atoms with Gasteiger partial charge in [0.2, 0.25) is 5.88 Å². The van der Waals surface area contributed by atoms with Crippen LogP contribution in [0.2, 0.25) is 0 Å². The maximum Gasteiger partial charge on any atom is 0.219 e. The molecule has 0 saturated heterocycles. The van der Waals surface area contributed by atoms with Crippen molar-refractivity contribution < 1.29 is 9.47 Å². The summed E-state index contributed by atoms with van der Waals surface area (Å²) in [7, 11) is 1.60. The summed E-state index contributed by atoms with van der Waals surface area (Å²) >= 11 is 3.51. The lowest BCUT2D eigenvalue weighted by atomic mass is 10.1. The van der Waals surface area contributed by atoms with Crippen LogP contribution in [-0.2, 0) is 13.0 Å². The molecule has 106 valence electrons. The Morgan fingerprint density at radius 2 is 2.00 bits per heavy atom. The summed E-state index contributed by atoms with van der Waals surface area (Å²) in [4.78, 5) is 4.16. The topological polar surface area (TPSA) is 57.4 Å². The second-order valence-electron chi connectivity index (χ2n) is 4.23. The van der Waals surface area contributed by atoms with E-state index in [1.165, 1.54) is 0 Å². The van der Waals surface area contributed by atoms with Gasteiger partial charge in [0.15, 0.2) is 0 Å². The van der Waals surface area contributed by atoms with E-state index in [4.69, 9.17) is 15.2 Å². The maximum atomic E-state index is 5.93. The number of nitrogens with zero attached hydrogens (tertiary/aromatic N) is 1.